The van der Waals surface area contributed by atoms with Crippen molar-refractivity contribution in [2.24, 2.45) is 0 Å². The van der Waals surface area contributed by atoms with Gasteiger partial charge in [0.2, 0.25) is 0 Å². The van der Waals surface area contributed by atoms with Crippen LogP contribution >= 0.6 is 39.9 Å². The highest BCUT2D eigenvalue weighted by molar-refractivity contribution is 9.10. The molecule has 1 aliphatic rings. The molecule has 42 heavy (non-hydrogen) atoms. The molecule has 0 unspecified atom stereocenters. The normalized spacial score (nSPS) is 13.9. The number of hydrogen-bond acceptors (Lipinski definition) is 6. The monoisotopic (exact) mass is 662 g/mol. The van der Waals surface area contributed by atoms with Crippen molar-refractivity contribution in [3.8, 4) is 11.5 Å². The highest BCUT2D eigenvalue weighted by Crippen LogP contribution is 2.40. The van der Waals surface area contributed by atoms with Gasteiger partial charge >= 0.3 is 0 Å². The summed E-state index contributed by atoms with van der Waals surface area (Å²) in [5.41, 5.74) is 4.16. The molecule has 5 rings (SSSR count). The summed E-state index contributed by atoms with van der Waals surface area (Å²) in [5, 5.41) is 2.72. The van der Waals surface area contributed by atoms with Crippen molar-refractivity contribution < 1.29 is 23.5 Å². The van der Waals surface area contributed by atoms with E-state index in [2.05, 4.69) is 21.2 Å². The predicted octanol–water partition coefficient (Wildman–Crippen LogP) is 8.14. The molecule has 0 aliphatic carbocycles. The van der Waals surface area contributed by atoms with Crippen molar-refractivity contribution >= 4 is 73.5 Å². The highest BCUT2D eigenvalue weighted by atomic mass is 79.9. The number of methoxy groups -OCH3 is 1. The van der Waals surface area contributed by atoms with Gasteiger partial charge < -0.3 is 14.8 Å². The van der Waals surface area contributed by atoms with E-state index in [0.29, 0.717) is 54.3 Å². The summed E-state index contributed by atoms with van der Waals surface area (Å²) in [4.78, 5) is 28.1. The first kappa shape index (κ1) is 29.5. The molecule has 1 fully saturated rings. The minimum atomic E-state index is -0.398. The molecular formula is C32H24BrFN2O4S2. The summed E-state index contributed by atoms with van der Waals surface area (Å²) < 4.78 is 25.9. The summed E-state index contributed by atoms with van der Waals surface area (Å²) in [6.07, 6.45) is 1.74. The number of carbonyl (C=O) groups is 2. The molecule has 1 heterocycles. The van der Waals surface area contributed by atoms with Crippen molar-refractivity contribution in [1.82, 2.24) is 0 Å². The number of hydrogen-bond donors (Lipinski definition) is 1. The summed E-state index contributed by atoms with van der Waals surface area (Å²) in [5.74, 6) is -0.0378. The van der Waals surface area contributed by atoms with Crippen LogP contribution in [0.3, 0.4) is 0 Å². The zero-order chi connectivity index (χ0) is 29.8. The van der Waals surface area contributed by atoms with E-state index in [1.807, 2.05) is 37.3 Å². The second kappa shape index (κ2) is 12.9. The lowest BCUT2D eigenvalue weighted by Gasteiger charge is -2.16. The second-order valence-corrected chi connectivity index (χ2v) is 11.9. The first-order valence-electron chi connectivity index (χ1n) is 12.7. The Kier molecular flexibility index (Phi) is 9.06. The van der Waals surface area contributed by atoms with Crippen LogP contribution in [-0.4, -0.2) is 23.2 Å². The van der Waals surface area contributed by atoms with Crippen LogP contribution in [0.25, 0.3) is 6.08 Å². The average Bonchev–Trinajstić information content (AvgIpc) is 3.26. The third kappa shape index (κ3) is 6.73. The van der Waals surface area contributed by atoms with E-state index in [1.165, 1.54) is 46.5 Å². The number of benzene rings is 4. The van der Waals surface area contributed by atoms with E-state index >= 15 is 0 Å². The molecule has 0 radical (unpaired) electrons. The van der Waals surface area contributed by atoms with Gasteiger partial charge in [-0.1, -0.05) is 59.9 Å². The van der Waals surface area contributed by atoms with Gasteiger partial charge in [-0.15, -0.1) is 0 Å². The number of thioether (sulfide) groups is 1. The van der Waals surface area contributed by atoms with Crippen LogP contribution in [0.1, 0.15) is 27.0 Å². The molecule has 10 heteroatoms. The molecule has 1 saturated heterocycles. The molecule has 6 nitrogen and oxygen atoms in total. The Balaban J connectivity index is 1.34. The van der Waals surface area contributed by atoms with Crippen molar-refractivity contribution in [2.75, 3.05) is 17.3 Å². The fourth-order valence-electron chi connectivity index (χ4n) is 4.17. The molecule has 4 aromatic rings. The number of aryl methyl sites for hydroxylation is 1. The third-order valence-electron chi connectivity index (χ3n) is 6.32. The zero-order valence-electron chi connectivity index (χ0n) is 22.5. The molecule has 1 N–H and O–H groups in total. The van der Waals surface area contributed by atoms with Gasteiger partial charge in [0.1, 0.15) is 12.4 Å². The van der Waals surface area contributed by atoms with Crippen LogP contribution in [0.5, 0.6) is 11.5 Å². The van der Waals surface area contributed by atoms with Gasteiger partial charge in [0.25, 0.3) is 11.8 Å². The molecule has 4 aromatic carbocycles. The van der Waals surface area contributed by atoms with Gasteiger partial charge in [-0.05, 0) is 94.7 Å². The van der Waals surface area contributed by atoms with Gasteiger partial charge in [0.15, 0.2) is 15.8 Å². The molecule has 0 saturated carbocycles. The summed E-state index contributed by atoms with van der Waals surface area (Å²) >= 11 is 10.3. The number of rotatable bonds is 8. The number of ether oxygens (including phenoxy) is 2. The predicted molar refractivity (Wildman–Crippen MR) is 173 cm³/mol. The molecule has 1 aliphatic heterocycles. The molecule has 212 valence electrons. The summed E-state index contributed by atoms with van der Waals surface area (Å²) in [7, 11) is 1.56. The van der Waals surface area contributed by atoms with Crippen LogP contribution in [-0.2, 0) is 11.4 Å². The average molecular weight is 664 g/mol. The minimum Gasteiger partial charge on any atom is -0.493 e. The smallest absolute Gasteiger partial charge is 0.270 e. The van der Waals surface area contributed by atoms with E-state index in [0.717, 1.165) is 5.56 Å². The minimum absolute atomic E-state index is 0.309. The van der Waals surface area contributed by atoms with Crippen LogP contribution < -0.4 is 19.7 Å². The molecule has 0 atom stereocenters. The largest absolute Gasteiger partial charge is 0.493 e. The van der Waals surface area contributed by atoms with Crippen LogP contribution in [0.2, 0.25) is 0 Å². The van der Waals surface area contributed by atoms with E-state index in [1.54, 1.807) is 43.5 Å². The number of anilines is 2. The maximum atomic E-state index is 13.5. The Morgan fingerprint density at radius 2 is 1.81 bits per heavy atom. The number of nitrogens with zero attached hydrogens (tertiary/aromatic N) is 1. The van der Waals surface area contributed by atoms with E-state index in [-0.39, 0.29) is 5.91 Å². The lowest BCUT2D eigenvalue weighted by molar-refractivity contribution is -0.113. The van der Waals surface area contributed by atoms with Crippen molar-refractivity contribution in [2.45, 2.75) is 13.5 Å². The lowest BCUT2D eigenvalue weighted by atomic mass is 10.1. The van der Waals surface area contributed by atoms with Crippen LogP contribution in [0, 0.1) is 12.7 Å². The zero-order valence-corrected chi connectivity index (χ0v) is 25.7. The number of carbonyl (C=O) groups excluding carboxylic acids is 2. The van der Waals surface area contributed by atoms with Gasteiger partial charge in [0.05, 0.1) is 22.2 Å². The first-order valence-corrected chi connectivity index (χ1v) is 14.7. The SMILES string of the molecule is COc1cc(/C=C2/SC(=S)N(c3cccc(C(=O)Nc4ccc(F)cc4)c3)C2=O)cc(Br)c1OCc1ccc(C)cc1. The Morgan fingerprint density at radius 1 is 1.07 bits per heavy atom. The molecule has 2 amide bonds. The maximum Gasteiger partial charge on any atom is 0.270 e. The fourth-order valence-corrected chi connectivity index (χ4v) is 6.04. The molecular weight excluding hydrogens is 639 g/mol. The van der Waals surface area contributed by atoms with Gasteiger partial charge in [-0.25, -0.2) is 4.39 Å². The Morgan fingerprint density at radius 3 is 2.52 bits per heavy atom. The van der Waals surface area contributed by atoms with Gasteiger partial charge in [-0.2, -0.15) is 0 Å². The highest BCUT2D eigenvalue weighted by Gasteiger charge is 2.33. The van der Waals surface area contributed by atoms with Crippen LogP contribution in [0.4, 0.5) is 15.8 Å². The Labute approximate surface area is 260 Å². The second-order valence-electron chi connectivity index (χ2n) is 9.34. The number of nitrogens with one attached hydrogen (secondary N) is 1. The summed E-state index contributed by atoms with van der Waals surface area (Å²) in [6, 6.07) is 23.8. The Hall–Kier alpha value is -3.99. The Bertz CT molecular complexity index is 1710. The number of amides is 2. The molecule has 0 aromatic heterocycles. The van der Waals surface area contributed by atoms with Crippen molar-refractivity contribution in [3.63, 3.8) is 0 Å². The first-order chi connectivity index (χ1) is 20.2. The lowest BCUT2D eigenvalue weighted by Crippen LogP contribution is -2.27. The fraction of sp³-hybridized carbons (Fsp3) is 0.0938. The van der Waals surface area contributed by atoms with Gasteiger partial charge in [0, 0.05) is 11.3 Å². The molecule has 0 spiro atoms. The summed E-state index contributed by atoms with van der Waals surface area (Å²) in [6.45, 7) is 2.40. The van der Waals surface area contributed by atoms with E-state index in [9.17, 15) is 14.0 Å². The number of halogens is 2. The standard InChI is InChI=1S/C32H24BrFN2O4S2/c1-19-6-8-20(9-7-19)18-40-29-26(33)14-21(15-27(29)39-2)16-28-31(38)36(32(41)42-28)25-5-3-4-22(17-25)30(37)35-24-12-10-23(34)11-13-24/h3-17H,18H2,1-2H3,(H,35,37)/b28-16+. The topological polar surface area (TPSA) is 67.9 Å². The third-order valence-corrected chi connectivity index (χ3v) is 8.21. The van der Waals surface area contributed by atoms with E-state index < -0.39 is 11.7 Å². The molecule has 0 bridgehead atoms. The van der Waals surface area contributed by atoms with E-state index in [4.69, 9.17) is 21.7 Å². The van der Waals surface area contributed by atoms with Crippen molar-refractivity contribution in [3.05, 3.63) is 122 Å². The van der Waals surface area contributed by atoms with Gasteiger partial charge in [-0.3, -0.25) is 14.5 Å². The quantitative estimate of drug-likeness (QED) is 0.152. The van der Waals surface area contributed by atoms with Crippen LogP contribution in [0.15, 0.2) is 94.3 Å². The van der Waals surface area contributed by atoms with Crippen molar-refractivity contribution in [1.29, 1.82) is 0 Å². The number of thiocarbonyl (C=S) groups is 1. The maximum absolute atomic E-state index is 13.5.